The molecule has 0 saturated carbocycles. The molecule has 0 bridgehead atoms. The smallest absolute Gasteiger partial charge is 0.281 e. The number of anilines is 1. The van der Waals surface area contributed by atoms with E-state index in [1.165, 1.54) is 47.0 Å². The molecule has 1 aromatic rings. The molecule has 0 spiro atoms. The van der Waals surface area contributed by atoms with Gasteiger partial charge in [0.05, 0.1) is 6.26 Å². The maximum Gasteiger partial charge on any atom is 0.281 e. The molecule has 0 radical (unpaired) electrons. The maximum absolute atomic E-state index is 12.3. The van der Waals surface area contributed by atoms with Gasteiger partial charge in [-0.25, -0.2) is 8.42 Å². The summed E-state index contributed by atoms with van der Waals surface area (Å²) in [6.07, 6.45) is 2.12. The zero-order valence-corrected chi connectivity index (χ0v) is 16.6. The predicted octanol–water partition coefficient (Wildman–Crippen LogP) is 0.0587. The van der Waals surface area contributed by atoms with Gasteiger partial charge in [0.2, 0.25) is 10.0 Å². The lowest BCUT2D eigenvalue weighted by molar-refractivity contribution is 0.0923. The second kappa shape index (κ2) is 7.91. The number of carbonyl (C=O) groups excluding carboxylic acids is 1. The lowest BCUT2D eigenvalue weighted by atomic mass is 10.1. The lowest BCUT2D eigenvalue weighted by Crippen LogP contribution is -2.49. The van der Waals surface area contributed by atoms with Crippen LogP contribution in [0.5, 0.6) is 0 Å². The van der Waals surface area contributed by atoms with Crippen molar-refractivity contribution >= 4 is 31.8 Å². The number of piperidine rings is 1. The molecule has 1 fully saturated rings. The van der Waals surface area contributed by atoms with Crippen LogP contribution in [0.4, 0.5) is 5.69 Å². The Morgan fingerprint density at radius 2 is 1.62 bits per heavy atom. The zero-order chi connectivity index (χ0) is 19.5. The van der Waals surface area contributed by atoms with E-state index in [4.69, 9.17) is 0 Å². The first-order valence-corrected chi connectivity index (χ1v) is 11.3. The molecule has 9 nitrogen and oxygen atoms in total. The molecular formula is C15H24N4O5S2. The van der Waals surface area contributed by atoms with Crippen LogP contribution in [0.25, 0.3) is 0 Å². The van der Waals surface area contributed by atoms with Crippen molar-refractivity contribution in [3.63, 3.8) is 0 Å². The van der Waals surface area contributed by atoms with Crippen LogP contribution < -0.4 is 10.0 Å². The van der Waals surface area contributed by atoms with E-state index in [2.05, 4.69) is 10.0 Å². The summed E-state index contributed by atoms with van der Waals surface area (Å²) in [5.74, 6) is -0.273. The fourth-order valence-electron chi connectivity index (χ4n) is 2.63. The molecule has 2 rings (SSSR count). The van der Waals surface area contributed by atoms with Gasteiger partial charge in [-0.15, -0.1) is 0 Å². The largest absolute Gasteiger partial charge is 0.349 e. The highest BCUT2D eigenvalue weighted by Crippen LogP contribution is 2.17. The van der Waals surface area contributed by atoms with Gasteiger partial charge in [0.25, 0.3) is 16.1 Å². The molecule has 0 aromatic heterocycles. The van der Waals surface area contributed by atoms with Crippen molar-refractivity contribution in [3.05, 3.63) is 29.8 Å². The fourth-order valence-corrected chi connectivity index (χ4v) is 4.33. The van der Waals surface area contributed by atoms with Crippen molar-refractivity contribution in [2.75, 3.05) is 38.2 Å². The van der Waals surface area contributed by atoms with Gasteiger partial charge >= 0.3 is 0 Å². The Kier molecular flexibility index (Phi) is 6.27. The van der Waals surface area contributed by atoms with Gasteiger partial charge in [0, 0.05) is 44.5 Å². The minimum atomic E-state index is -3.43. The van der Waals surface area contributed by atoms with E-state index in [0.717, 1.165) is 6.26 Å². The average Bonchev–Trinajstić information content (AvgIpc) is 2.54. The van der Waals surface area contributed by atoms with Gasteiger partial charge in [-0.3, -0.25) is 9.52 Å². The number of carbonyl (C=O) groups is 1. The molecule has 26 heavy (non-hydrogen) atoms. The number of benzene rings is 1. The first-order valence-electron chi connectivity index (χ1n) is 8.05. The maximum atomic E-state index is 12.3. The Balaban J connectivity index is 1.91. The highest BCUT2D eigenvalue weighted by atomic mass is 32.2. The molecule has 0 atom stereocenters. The molecule has 146 valence electrons. The third-order valence-corrected chi connectivity index (χ3v) is 6.57. The number of hydrogen-bond acceptors (Lipinski definition) is 5. The number of hydrogen-bond donors (Lipinski definition) is 2. The average molecular weight is 405 g/mol. The summed E-state index contributed by atoms with van der Waals surface area (Å²) >= 11 is 0. The van der Waals surface area contributed by atoms with Gasteiger partial charge in [-0.2, -0.15) is 17.0 Å². The van der Waals surface area contributed by atoms with Crippen LogP contribution in [0.3, 0.4) is 0 Å². The van der Waals surface area contributed by atoms with Crippen molar-refractivity contribution in [3.8, 4) is 0 Å². The molecule has 2 N–H and O–H groups in total. The molecule has 11 heteroatoms. The highest BCUT2D eigenvalue weighted by molar-refractivity contribution is 7.92. The van der Waals surface area contributed by atoms with Crippen molar-refractivity contribution in [2.24, 2.45) is 0 Å². The second-order valence-electron chi connectivity index (χ2n) is 6.39. The van der Waals surface area contributed by atoms with Crippen molar-refractivity contribution < 1.29 is 21.6 Å². The lowest BCUT2D eigenvalue weighted by Gasteiger charge is -2.33. The van der Waals surface area contributed by atoms with Crippen LogP contribution in [0, 0.1) is 0 Å². The molecule has 0 unspecified atom stereocenters. The van der Waals surface area contributed by atoms with Crippen LogP contribution in [0.1, 0.15) is 23.2 Å². The van der Waals surface area contributed by atoms with Crippen LogP contribution in [0.2, 0.25) is 0 Å². The van der Waals surface area contributed by atoms with E-state index >= 15 is 0 Å². The topological polar surface area (TPSA) is 116 Å². The molecule has 1 aromatic carbocycles. The third kappa shape index (κ3) is 5.40. The van der Waals surface area contributed by atoms with Crippen LogP contribution in [0.15, 0.2) is 24.3 Å². The summed E-state index contributed by atoms with van der Waals surface area (Å²) in [6, 6.07) is 6.00. The predicted molar refractivity (Wildman–Crippen MR) is 99.6 cm³/mol. The van der Waals surface area contributed by atoms with E-state index in [-0.39, 0.29) is 11.9 Å². The summed E-state index contributed by atoms with van der Waals surface area (Å²) in [5.41, 5.74) is 0.790. The Hall–Kier alpha value is -1.69. The molecular weight excluding hydrogens is 380 g/mol. The van der Waals surface area contributed by atoms with Crippen LogP contribution in [-0.2, 0) is 20.2 Å². The summed E-state index contributed by atoms with van der Waals surface area (Å²) in [7, 11) is -3.81. The minimum Gasteiger partial charge on any atom is -0.349 e. The fraction of sp³-hybridized carbons (Fsp3) is 0.533. The van der Waals surface area contributed by atoms with Crippen molar-refractivity contribution in [1.82, 2.24) is 13.9 Å². The van der Waals surface area contributed by atoms with Crippen molar-refractivity contribution in [2.45, 2.75) is 18.9 Å². The SMILES string of the molecule is CN(C)S(=O)(=O)N1CCC(NC(=O)c2ccc(NS(C)(=O)=O)cc2)CC1. The monoisotopic (exact) mass is 404 g/mol. The number of sulfonamides is 1. The second-order valence-corrected chi connectivity index (χ2v) is 10.3. The molecule has 1 saturated heterocycles. The first kappa shape index (κ1) is 20.6. The summed E-state index contributed by atoms with van der Waals surface area (Å²) < 4.78 is 51.4. The van der Waals surface area contributed by atoms with E-state index in [1.54, 1.807) is 0 Å². The standard InChI is InChI=1S/C15H24N4O5S2/c1-18(2)26(23,24)19-10-8-13(9-11-19)16-15(20)12-4-6-14(7-5-12)17-25(3,21)22/h4-7,13,17H,8-11H2,1-3H3,(H,16,20). The minimum absolute atomic E-state index is 0.107. The van der Waals surface area contributed by atoms with E-state index in [1.807, 2.05) is 0 Å². The summed E-state index contributed by atoms with van der Waals surface area (Å²) in [5, 5.41) is 2.89. The molecule has 1 heterocycles. The first-order chi connectivity index (χ1) is 12.0. The Labute approximate surface area is 154 Å². The Morgan fingerprint density at radius 1 is 1.08 bits per heavy atom. The number of amides is 1. The van der Waals surface area contributed by atoms with Gasteiger partial charge in [-0.1, -0.05) is 0 Å². The quantitative estimate of drug-likeness (QED) is 0.695. The molecule has 1 amide bonds. The highest BCUT2D eigenvalue weighted by Gasteiger charge is 2.30. The van der Waals surface area contributed by atoms with Gasteiger partial charge in [-0.05, 0) is 37.1 Å². The van der Waals surface area contributed by atoms with Gasteiger partial charge in [0.1, 0.15) is 0 Å². The Morgan fingerprint density at radius 3 is 2.08 bits per heavy atom. The molecule has 1 aliphatic rings. The van der Waals surface area contributed by atoms with Crippen LogP contribution >= 0.6 is 0 Å². The summed E-state index contributed by atoms with van der Waals surface area (Å²) in [6.45, 7) is 0.700. The number of rotatable bonds is 6. The van der Waals surface area contributed by atoms with E-state index < -0.39 is 20.2 Å². The van der Waals surface area contributed by atoms with Gasteiger partial charge in [0.15, 0.2) is 0 Å². The number of nitrogens with zero attached hydrogens (tertiary/aromatic N) is 2. The van der Waals surface area contributed by atoms with E-state index in [9.17, 15) is 21.6 Å². The normalized spacial score (nSPS) is 17.2. The van der Waals surface area contributed by atoms with Crippen molar-refractivity contribution in [1.29, 1.82) is 0 Å². The number of nitrogens with one attached hydrogen (secondary N) is 2. The Bertz CT molecular complexity index is 843. The third-order valence-electron chi connectivity index (χ3n) is 4.03. The van der Waals surface area contributed by atoms with E-state index in [0.29, 0.717) is 37.2 Å². The van der Waals surface area contributed by atoms with Crippen LogP contribution in [-0.4, -0.2) is 70.8 Å². The molecule has 1 aliphatic heterocycles. The summed E-state index contributed by atoms with van der Waals surface area (Å²) in [4.78, 5) is 12.3. The zero-order valence-electron chi connectivity index (χ0n) is 15.0. The van der Waals surface area contributed by atoms with Gasteiger partial charge < -0.3 is 5.32 Å². The molecule has 0 aliphatic carbocycles.